The number of aliphatic hydroxyl groups is 1. The van der Waals surface area contributed by atoms with Gasteiger partial charge in [-0.3, -0.25) is 9.59 Å². The number of hydrogen-bond acceptors (Lipinski definition) is 5. The van der Waals surface area contributed by atoms with Gasteiger partial charge in [0, 0.05) is 12.1 Å². The van der Waals surface area contributed by atoms with Gasteiger partial charge in [0.05, 0.1) is 25.8 Å². The van der Waals surface area contributed by atoms with Gasteiger partial charge in [-0.15, -0.1) is 0 Å². The van der Waals surface area contributed by atoms with Gasteiger partial charge in [0.2, 0.25) is 0 Å². The van der Waals surface area contributed by atoms with Crippen LogP contribution in [0.5, 0.6) is 11.5 Å². The molecule has 2 aromatic rings. The summed E-state index contributed by atoms with van der Waals surface area (Å²) in [4.78, 5) is 27.6. The van der Waals surface area contributed by atoms with Crippen molar-refractivity contribution in [3.63, 3.8) is 0 Å². The lowest BCUT2D eigenvalue weighted by Gasteiger charge is -2.25. The Hall–Kier alpha value is -3.28. The first kappa shape index (κ1) is 22.4. The normalized spacial score (nSPS) is 17.8. The molecular formula is C25H29NO5. The number of likely N-dealkylation sites (tertiary alicyclic amines) is 1. The van der Waals surface area contributed by atoms with Crippen molar-refractivity contribution < 1.29 is 24.2 Å². The highest BCUT2D eigenvalue weighted by Crippen LogP contribution is 2.41. The Morgan fingerprint density at radius 2 is 1.74 bits per heavy atom. The quantitative estimate of drug-likeness (QED) is 0.290. The molecule has 1 aliphatic rings. The Kier molecular flexibility index (Phi) is 7.00. The van der Waals surface area contributed by atoms with Gasteiger partial charge in [0.25, 0.3) is 11.7 Å². The number of unbranched alkanes of at least 4 members (excludes halogenated alkanes) is 2. The molecule has 2 aromatic carbocycles. The van der Waals surface area contributed by atoms with Crippen molar-refractivity contribution >= 4 is 17.4 Å². The predicted octanol–water partition coefficient (Wildman–Crippen LogP) is 4.62. The monoisotopic (exact) mass is 423 g/mol. The SMILES string of the molecule is CCCCCN1C(=O)C(=O)/C(=C(\O)c2ccc(OC)cc2C)C1c1cccc(OC)c1. The van der Waals surface area contributed by atoms with E-state index in [1.165, 1.54) is 0 Å². The Labute approximate surface area is 183 Å². The number of aryl methyl sites for hydroxylation is 1. The van der Waals surface area contributed by atoms with Crippen LogP contribution in [-0.4, -0.2) is 42.5 Å². The van der Waals surface area contributed by atoms with Crippen molar-refractivity contribution in [2.45, 2.75) is 39.2 Å². The van der Waals surface area contributed by atoms with Crippen LogP contribution >= 0.6 is 0 Å². The summed E-state index contributed by atoms with van der Waals surface area (Å²) in [6.07, 6.45) is 2.73. The number of amides is 1. The maximum atomic E-state index is 13.1. The summed E-state index contributed by atoms with van der Waals surface area (Å²) < 4.78 is 10.6. The minimum Gasteiger partial charge on any atom is -0.507 e. The molecule has 1 aliphatic heterocycles. The van der Waals surface area contributed by atoms with E-state index < -0.39 is 17.7 Å². The van der Waals surface area contributed by atoms with E-state index >= 15 is 0 Å². The van der Waals surface area contributed by atoms with E-state index in [-0.39, 0.29) is 11.3 Å². The lowest BCUT2D eigenvalue weighted by molar-refractivity contribution is -0.139. The predicted molar refractivity (Wildman–Crippen MR) is 119 cm³/mol. The third-order valence-electron chi connectivity index (χ3n) is 5.64. The van der Waals surface area contributed by atoms with Crippen LogP contribution in [0.4, 0.5) is 0 Å². The minimum absolute atomic E-state index is 0.100. The molecule has 0 spiro atoms. The number of aliphatic hydroxyl groups excluding tert-OH is 1. The molecule has 3 rings (SSSR count). The number of ketones is 1. The molecule has 1 unspecified atom stereocenters. The van der Waals surface area contributed by atoms with Gasteiger partial charge >= 0.3 is 0 Å². The highest BCUT2D eigenvalue weighted by atomic mass is 16.5. The Bertz CT molecular complexity index is 1010. The highest BCUT2D eigenvalue weighted by molar-refractivity contribution is 6.46. The van der Waals surface area contributed by atoms with Gasteiger partial charge in [-0.1, -0.05) is 31.9 Å². The van der Waals surface area contributed by atoms with Crippen LogP contribution in [0.15, 0.2) is 48.0 Å². The average Bonchev–Trinajstić information content (AvgIpc) is 3.03. The fourth-order valence-corrected chi connectivity index (χ4v) is 3.97. The molecule has 1 saturated heterocycles. The number of carbonyl (C=O) groups excluding carboxylic acids is 2. The molecule has 0 aliphatic carbocycles. The maximum absolute atomic E-state index is 13.1. The highest BCUT2D eigenvalue weighted by Gasteiger charge is 2.46. The summed E-state index contributed by atoms with van der Waals surface area (Å²) in [5.74, 6) is -0.159. The number of rotatable bonds is 8. The fourth-order valence-electron chi connectivity index (χ4n) is 3.97. The summed E-state index contributed by atoms with van der Waals surface area (Å²) in [5.41, 5.74) is 2.07. The van der Waals surface area contributed by atoms with Crippen molar-refractivity contribution in [3.05, 3.63) is 64.7 Å². The number of methoxy groups -OCH3 is 2. The molecule has 1 heterocycles. The molecule has 1 amide bonds. The molecule has 0 saturated carbocycles. The summed E-state index contributed by atoms with van der Waals surface area (Å²) in [6.45, 7) is 4.36. The number of ether oxygens (including phenoxy) is 2. The standard InChI is InChI=1S/C25H29NO5/c1-5-6-7-13-26-22(17-9-8-10-18(15-17)30-3)21(24(28)25(26)29)23(27)20-12-11-19(31-4)14-16(20)2/h8-12,14-15,22,27H,5-7,13H2,1-4H3/b23-21-. The second-order valence-corrected chi connectivity index (χ2v) is 7.66. The van der Waals surface area contributed by atoms with Crippen LogP contribution in [0.25, 0.3) is 5.76 Å². The maximum Gasteiger partial charge on any atom is 0.295 e. The zero-order valence-electron chi connectivity index (χ0n) is 18.5. The molecular weight excluding hydrogens is 394 g/mol. The summed E-state index contributed by atoms with van der Waals surface area (Å²) in [7, 11) is 3.14. The van der Waals surface area contributed by atoms with E-state index in [4.69, 9.17) is 9.47 Å². The molecule has 0 radical (unpaired) electrons. The van der Waals surface area contributed by atoms with Gasteiger partial charge < -0.3 is 19.5 Å². The van der Waals surface area contributed by atoms with Crippen molar-refractivity contribution in [3.8, 4) is 11.5 Å². The van der Waals surface area contributed by atoms with E-state index in [2.05, 4.69) is 6.92 Å². The first-order chi connectivity index (χ1) is 14.9. The van der Waals surface area contributed by atoms with Crippen molar-refractivity contribution in [2.24, 2.45) is 0 Å². The molecule has 164 valence electrons. The van der Waals surface area contributed by atoms with Crippen molar-refractivity contribution in [1.82, 2.24) is 4.90 Å². The smallest absolute Gasteiger partial charge is 0.295 e. The van der Waals surface area contributed by atoms with E-state index in [0.717, 1.165) is 30.4 Å². The van der Waals surface area contributed by atoms with Crippen molar-refractivity contribution in [2.75, 3.05) is 20.8 Å². The molecule has 1 atom stereocenters. The summed E-state index contributed by atoms with van der Waals surface area (Å²) >= 11 is 0. The molecule has 1 N–H and O–H groups in total. The molecule has 0 bridgehead atoms. The average molecular weight is 424 g/mol. The van der Waals surface area contributed by atoms with Gasteiger partial charge in [-0.05, 0) is 54.8 Å². The molecule has 31 heavy (non-hydrogen) atoms. The lowest BCUT2D eigenvalue weighted by atomic mass is 9.93. The van der Waals surface area contributed by atoms with Gasteiger partial charge in [0.1, 0.15) is 17.3 Å². The summed E-state index contributed by atoms with van der Waals surface area (Å²) in [5, 5.41) is 11.2. The molecule has 6 heteroatoms. The molecule has 0 aromatic heterocycles. The third kappa shape index (κ3) is 4.43. The first-order valence-corrected chi connectivity index (χ1v) is 10.5. The Balaban J connectivity index is 2.16. The Morgan fingerprint density at radius 1 is 1.03 bits per heavy atom. The third-order valence-corrected chi connectivity index (χ3v) is 5.64. The van der Waals surface area contributed by atoms with Crippen LogP contribution < -0.4 is 9.47 Å². The summed E-state index contributed by atoms with van der Waals surface area (Å²) in [6, 6.07) is 11.8. The topological polar surface area (TPSA) is 76.1 Å². The second-order valence-electron chi connectivity index (χ2n) is 7.66. The van der Waals surface area contributed by atoms with E-state index in [9.17, 15) is 14.7 Å². The van der Waals surface area contributed by atoms with Gasteiger partial charge in [-0.2, -0.15) is 0 Å². The zero-order valence-corrected chi connectivity index (χ0v) is 18.5. The number of carbonyl (C=O) groups is 2. The Morgan fingerprint density at radius 3 is 2.39 bits per heavy atom. The van der Waals surface area contributed by atoms with E-state index in [0.29, 0.717) is 23.6 Å². The van der Waals surface area contributed by atoms with Crippen LogP contribution in [0.1, 0.15) is 48.9 Å². The largest absolute Gasteiger partial charge is 0.507 e. The second kappa shape index (κ2) is 9.69. The lowest BCUT2D eigenvalue weighted by Crippen LogP contribution is -2.30. The van der Waals surface area contributed by atoms with Crippen LogP contribution in [0.2, 0.25) is 0 Å². The van der Waals surface area contributed by atoms with Gasteiger partial charge in [-0.25, -0.2) is 0 Å². The van der Waals surface area contributed by atoms with Crippen molar-refractivity contribution in [1.29, 1.82) is 0 Å². The first-order valence-electron chi connectivity index (χ1n) is 10.5. The number of benzene rings is 2. The number of hydrogen-bond donors (Lipinski definition) is 1. The molecule has 1 fully saturated rings. The number of Topliss-reactive ketones (excluding diaryl/α,β-unsaturated/α-hetero) is 1. The van der Waals surface area contributed by atoms with Crippen LogP contribution in [0.3, 0.4) is 0 Å². The van der Waals surface area contributed by atoms with Crippen LogP contribution in [-0.2, 0) is 9.59 Å². The van der Waals surface area contributed by atoms with Gasteiger partial charge in [0.15, 0.2) is 0 Å². The minimum atomic E-state index is -0.673. The number of nitrogens with zero attached hydrogens (tertiary/aromatic N) is 1. The molecule has 6 nitrogen and oxygen atoms in total. The fraction of sp³-hybridized carbons (Fsp3) is 0.360. The zero-order chi connectivity index (χ0) is 22.5. The van der Waals surface area contributed by atoms with E-state index in [1.54, 1.807) is 49.5 Å². The van der Waals surface area contributed by atoms with Crippen LogP contribution in [0, 0.1) is 6.92 Å². The van der Waals surface area contributed by atoms with E-state index in [1.807, 2.05) is 19.1 Å².